The van der Waals surface area contributed by atoms with Gasteiger partial charge in [-0.05, 0) is 63.0 Å². The molecular weight excluding hydrogens is 443 g/mol. The van der Waals surface area contributed by atoms with Crippen molar-refractivity contribution >= 4 is 22.6 Å². The molecule has 0 fully saturated rings. The fraction of sp³-hybridized carbons (Fsp3) is 0.0400. The molecule has 134 valence electrons. The topological polar surface area (TPSA) is 9.23 Å². The Morgan fingerprint density at radius 1 is 0.519 bits per heavy atom. The van der Waals surface area contributed by atoms with Gasteiger partial charge in [0.2, 0.25) is 0 Å². The van der Waals surface area contributed by atoms with Gasteiger partial charge in [0.15, 0.2) is 0 Å². The van der Waals surface area contributed by atoms with Gasteiger partial charge in [-0.3, -0.25) is 0 Å². The number of methoxy groups -OCH3 is 1. The van der Waals surface area contributed by atoms with Crippen LogP contribution < -0.4 is 4.74 Å². The predicted octanol–water partition coefficient (Wildman–Crippen LogP) is 7.32. The van der Waals surface area contributed by atoms with E-state index in [1.807, 2.05) is 24.3 Å². The largest absolute Gasteiger partial charge is 0.497 e. The quantitative estimate of drug-likeness (QED) is 0.289. The maximum atomic E-state index is 5.13. The SMILES string of the molecule is COc1ccc(-c2ccccc2I)cc1.c1ccc(-c2ccccc2)cc1. The van der Waals surface area contributed by atoms with Crippen LogP contribution in [0.4, 0.5) is 0 Å². The molecule has 0 N–H and O–H groups in total. The Labute approximate surface area is 174 Å². The van der Waals surface area contributed by atoms with Gasteiger partial charge in [-0.15, -0.1) is 0 Å². The highest BCUT2D eigenvalue weighted by molar-refractivity contribution is 14.1. The summed E-state index contributed by atoms with van der Waals surface area (Å²) in [6, 6.07) is 37.3. The van der Waals surface area contributed by atoms with E-state index in [2.05, 4.69) is 108 Å². The third-order valence-corrected chi connectivity index (χ3v) is 5.10. The van der Waals surface area contributed by atoms with Crippen LogP contribution in [-0.2, 0) is 0 Å². The molecule has 4 rings (SSSR count). The third kappa shape index (κ3) is 5.44. The Kier molecular flexibility index (Phi) is 7.05. The van der Waals surface area contributed by atoms with Gasteiger partial charge in [0.05, 0.1) is 7.11 Å². The molecule has 0 amide bonds. The molecule has 0 unspecified atom stereocenters. The van der Waals surface area contributed by atoms with Crippen molar-refractivity contribution in [1.82, 2.24) is 0 Å². The van der Waals surface area contributed by atoms with E-state index < -0.39 is 0 Å². The van der Waals surface area contributed by atoms with E-state index in [1.54, 1.807) is 7.11 Å². The average molecular weight is 464 g/mol. The fourth-order valence-electron chi connectivity index (χ4n) is 2.73. The first-order valence-electron chi connectivity index (χ1n) is 8.77. The lowest BCUT2D eigenvalue weighted by Crippen LogP contribution is -1.84. The summed E-state index contributed by atoms with van der Waals surface area (Å²) in [4.78, 5) is 0. The molecule has 0 aliphatic heterocycles. The highest BCUT2D eigenvalue weighted by Gasteiger charge is 2.01. The number of halogens is 1. The fourth-order valence-corrected chi connectivity index (χ4v) is 3.43. The van der Waals surface area contributed by atoms with Crippen LogP contribution in [-0.4, -0.2) is 7.11 Å². The molecule has 0 saturated carbocycles. The summed E-state index contributed by atoms with van der Waals surface area (Å²) in [7, 11) is 1.68. The first-order chi connectivity index (χ1) is 13.3. The second kappa shape index (κ2) is 9.93. The summed E-state index contributed by atoms with van der Waals surface area (Å²) in [5.74, 6) is 0.893. The van der Waals surface area contributed by atoms with Crippen LogP contribution in [0, 0.1) is 3.57 Å². The van der Waals surface area contributed by atoms with Gasteiger partial charge in [0.1, 0.15) is 5.75 Å². The second-order valence-corrected chi connectivity index (χ2v) is 7.10. The highest BCUT2D eigenvalue weighted by Crippen LogP contribution is 2.26. The third-order valence-electron chi connectivity index (χ3n) is 4.16. The van der Waals surface area contributed by atoms with Crippen molar-refractivity contribution in [1.29, 1.82) is 0 Å². The molecule has 0 aliphatic rings. The van der Waals surface area contributed by atoms with Crippen LogP contribution in [0.15, 0.2) is 109 Å². The molecule has 0 atom stereocenters. The zero-order valence-electron chi connectivity index (χ0n) is 15.2. The second-order valence-electron chi connectivity index (χ2n) is 5.94. The van der Waals surface area contributed by atoms with Crippen LogP contribution in [0.2, 0.25) is 0 Å². The summed E-state index contributed by atoms with van der Waals surface area (Å²) in [5.41, 5.74) is 5.04. The Balaban J connectivity index is 0.000000159. The first kappa shape index (κ1) is 19.2. The summed E-state index contributed by atoms with van der Waals surface area (Å²) in [5, 5.41) is 0. The van der Waals surface area contributed by atoms with Crippen LogP contribution in [0.1, 0.15) is 0 Å². The normalized spacial score (nSPS) is 9.85. The molecule has 4 aromatic rings. The molecule has 4 aromatic carbocycles. The van der Waals surface area contributed by atoms with Crippen molar-refractivity contribution < 1.29 is 4.74 Å². The van der Waals surface area contributed by atoms with Gasteiger partial charge in [0, 0.05) is 3.57 Å². The van der Waals surface area contributed by atoms with Gasteiger partial charge in [-0.2, -0.15) is 0 Å². The van der Waals surface area contributed by atoms with Crippen molar-refractivity contribution in [2.75, 3.05) is 7.11 Å². The number of hydrogen-bond donors (Lipinski definition) is 0. The van der Waals surface area contributed by atoms with E-state index in [0.29, 0.717) is 0 Å². The smallest absolute Gasteiger partial charge is 0.118 e. The van der Waals surface area contributed by atoms with Crippen molar-refractivity contribution in [3.05, 3.63) is 113 Å². The van der Waals surface area contributed by atoms with E-state index in [-0.39, 0.29) is 0 Å². The lowest BCUT2D eigenvalue weighted by atomic mass is 10.1. The van der Waals surface area contributed by atoms with Crippen LogP contribution in [0.5, 0.6) is 5.75 Å². The molecule has 0 radical (unpaired) electrons. The molecule has 0 heterocycles. The molecular formula is C25H21IO. The molecule has 0 saturated heterocycles. The van der Waals surface area contributed by atoms with E-state index in [0.717, 1.165) is 5.75 Å². The van der Waals surface area contributed by atoms with Crippen molar-refractivity contribution in [2.24, 2.45) is 0 Å². The first-order valence-corrected chi connectivity index (χ1v) is 9.85. The summed E-state index contributed by atoms with van der Waals surface area (Å²) in [6.07, 6.45) is 0. The van der Waals surface area contributed by atoms with Crippen molar-refractivity contribution in [2.45, 2.75) is 0 Å². The van der Waals surface area contributed by atoms with Crippen LogP contribution in [0.25, 0.3) is 22.3 Å². The zero-order chi connectivity index (χ0) is 18.9. The minimum absolute atomic E-state index is 0.893. The number of hydrogen-bond acceptors (Lipinski definition) is 1. The number of rotatable bonds is 3. The van der Waals surface area contributed by atoms with Gasteiger partial charge < -0.3 is 4.74 Å². The van der Waals surface area contributed by atoms with E-state index in [9.17, 15) is 0 Å². The Bertz CT molecular complexity index is 911. The van der Waals surface area contributed by atoms with E-state index >= 15 is 0 Å². The van der Waals surface area contributed by atoms with E-state index in [1.165, 1.54) is 25.8 Å². The predicted molar refractivity (Wildman–Crippen MR) is 123 cm³/mol. The maximum absolute atomic E-state index is 5.13. The minimum Gasteiger partial charge on any atom is -0.497 e. The molecule has 0 aromatic heterocycles. The Hall–Kier alpha value is -2.59. The highest BCUT2D eigenvalue weighted by atomic mass is 127. The lowest BCUT2D eigenvalue weighted by Gasteiger charge is -2.05. The lowest BCUT2D eigenvalue weighted by molar-refractivity contribution is 0.415. The molecule has 0 bridgehead atoms. The monoisotopic (exact) mass is 464 g/mol. The molecule has 2 heteroatoms. The standard InChI is InChI=1S/C13H11IO.C12H10/c1-15-11-8-6-10(7-9-11)12-4-2-3-5-13(12)14;1-3-7-11(8-4-1)12-9-5-2-6-10-12/h2-9H,1H3;1-10H. The Morgan fingerprint density at radius 3 is 1.48 bits per heavy atom. The molecule has 27 heavy (non-hydrogen) atoms. The summed E-state index contributed by atoms with van der Waals surface area (Å²) in [6.45, 7) is 0. The van der Waals surface area contributed by atoms with Crippen LogP contribution in [0.3, 0.4) is 0 Å². The van der Waals surface area contributed by atoms with Gasteiger partial charge in [-0.1, -0.05) is 91.0 Å². The number of benzene rings is 4. The van der Waals surface area contributed by atoms with Crippen molar-refractivity contribution in [3.63, 3.8) is 0 Å². The minimum atomic E-state index is 0.893. The molecule has 0 spiro atoms. The Morgan fingerprint density at radius 2 is 1.00 bits per heavy atom. The summed E-state index contributed by atoms with van der Waals surface area (Å²) < 4.78 is 6.40. The molecule has 0 aliphatic carbocycles. The summed E-state index contributed by atoms with van der Waals surface area (Å²) >= 11 is 2.35. The maximum Gasteiger partial charge on any atom is 0.118 e. The molecule has 1 nitrogen and oxygen atoms in total. The van der Waals surface area contributed by atoms with Crippen molar-refractivity contribution in [3.8, 4) is 28.0 Å². The van der Waals surface area contributed by atoms with Gasteiger partial charge >= 0.3 is 0 Å². The average Bonchev–Trinajstić information content (AvgIpc) is 2.76. The zero-order valence-corrected chi connectivity index (χ0v) is 17.3. The number of ether oxygens (including phenoxy) is 1. The van der Waals surface area contributed by atoms with Crippen LogP contribution >= 0.6 is 22.6 Å². The van der Waals surface area contributed by atoms with E-state index in [4.69, 9.17) is 4.74 Å². The van der Waals surface area contributed by atoms with Gasteiger partial charge in [0.25, 0.3) is 0 Å². The van der Waals surface area contributed by atoms with Gasteiger partial charge in [-0.25, -0.2) is 0 Å².